The van der Waals surface area contributed by atoms with Crippen LogP contribution in [0.25, 0.3) is 0 Å². The van der Waals surface area contributed by atoms with Crippen molar-refractivity contribution in [2.45, 2.75) is 44.3 Å². The van der Waals surface area contributed by atoms with Crippen LogP contribution in [0.3, 0.4) is 0 Å². The maximum atomic E-state index is 14.7. The van der Waals surface area contributed by atoms with Crippen LogP contribution in [0.1, 0.15) is 41.9 Å². The highest BCUT2D eigenvalue weighted by Crippen LogP contribution is 2.40. The molecule has 1 aliphatic heterocycles. The molecule has 3 rings (SSSR count). The number of carbonyl (C=O) groups is 1. The standard InChI is InChI=1S/C20H18BrF4N3O2/c1-19(8-16(20(2,24)25)30-18(26)28-19)12-5-10(6-13(22)17(12)23)7-15(29)14-4-3-11(21)9-27-14/h3-6,9,16H,7-8H2,1-2H3,(H2,26,28)/t16-,19-/m0/s1. The fraction of sp³-hybridized carbons (Fsp3) is 0.350. The van der Waals surface area contributed by atoms with Gasteiger partial charge in [0.05, 0.1) is 5.54 Å². The first kappa shape index (κ1) is 22.2. The molecule has 1 aromatic heterocycles. The van der Waals surface area contributed by atoms with Gasteiger partial charge >= 0.3 is 0 Å². The number of alkyl halides is 2. The lowest BCUT2D eigenvalue weighted by molar-refractivity contribution is -0.103. The van der Waals surface area contributed by atoms with Crippen molar-refractivity contribution in [1.29, 1.82) is 0 Å². The van der Waals surface area contributed by atoms with Crippen LogP contribution in [0, 0.1) is 11.6 Å². The zero-order valence-corrected chi connectivity index (χ0v) is 17.6. The summed E-state index contributed by atoms with van der Waals surface area (Å²) >= 11 is 3.21. The summed E-state index contributed by atoms with van der Waals surface area (Å²) in [4.78, 5) is 20.4. The molecule has 2 atom stereocenters. The van der Waals surface area contributed by atoms with Crippen LogP contribution in [0.15, 0.2) is 39.9 Å². The molecule has 0 saturated carbocycles. The van der Waals surface area contributed by atoms with E-state index in [9.17, 15) is 22.4 Å². The van der Waals surface area contributed by atoms with Gasteiger partial charge in [-0.25, -0.2) is 22.6 Å². The Morgan fingerprint density at radius 3 is 2.67 bits per heavy atom. The van der Waals surface area contributed by atoms with Crippen LogP contribution in [0.4, 0.5) is 17.6 Å². The SMILES string of the molecule is CC(F)(F)[C@@H]1C[C@@](C)(c2cc(CC(=O)c3ccc(Br)cn3)cc(F)c2F)N=C(N)O1. The van der Waals surface area contributed by atoms with Gasteiger partial charge in [-0.05, 0) is 52.7 Å². The topological polar surface area (TPSA) is 77.6 Å². The Morgan fingerprint density at radius 2 is 2.07 bits per heavy atom. The van der Waals surface area contributed by atoms with Crippen molar-refractivity contribution < 1.29 is 27.1 Å². The molecule has 2 N–H and O–H groups in total. The lowest BCUT2D eigenvalue weighted by Gasteiger charge is -2.37. The number of hydrogen-bond donors (Lipinski definition) is 1. The molecule has 0 spiro atoms. The molecule has 0 bridgehead atoms. The van der Waals surface area contributed by atoms with Gasteiger partial charge in [0.2, 0.25) is 0 Å². The molecule has 10 heteroatoms. The highest BCUT2D eigenvalue weighted by molar-refractivity contribution is 9.10. The van der Waals surface area contributed by atoms with E-state index in [0.717, 1.165) is 6.07 Å². The van der Waals surface area contributed by atoms with Crippen molar-refractivity contribution in [3.8, 4) is 0 Å². The van der Waals surface area contributed by atoms with Crippen molar-refractivity contribution in [1.82, 2.24) is 4.98 Å². The number of Topliss-reactive ketones (excluding diaryl/α,β-unsaturated/α-hetero) is 1. The van der Waals surface area contributed by atoms with Crippen molar-refractivity contribution in [3.63, 3.8) is 0 Å². The predicted molar refractivity (Wildman–Crippen MR) is 105 cm³/mol. The number of rotatable bonds is 5. The lowest BCUT2D eigenvalue weighted by Crippen LogP contribution is -2.46. The number of amidine groups is 1. The molecule has 0 radical (unpaired) electrons. The molecule has 0 aliphatic carbocycles. The van der Waals surface area contributed by atoms with Crippen molar-refractivity contribution in [2.24, 2.45) is 10.7 Å². The normalized spacial score (nSPS) is 21.7. The highest BCUT2D eigenvalue weighted by Gasteiger charge is 2.47. The molecule has 2 heterocycles. The Hall–Kier alpha value is -2.49. The predicted octanol–water partition coefficient (Wildman–Crippen LogP) is 4.52. The van der Waals surface area contributed by atoms with Gasteiger partial charge in [0.15, 0.2) is 23.5 Å². The lowest BCUT2D eigenvalue weighted by atomic mass is 9.83. The van der Waals surface area contributed by atoms with Gasteiger partial charge in [-0.3, -0.25) is 9.78 Å². The Balaban J connectivity index is 1.97. The Kier molecular flexibility index (Phi) is 5.90. The third kappa shape index (κ3) is 4.63. The second kappa shape index (κ2) is 7.98. The first-order valence-electron chi connectivity index (χ1n) is 8.92. The minimum atomic E-state index is -3.28. The van der Waals surface area contributed by atoms with Gasteiger partial charge in [-0.15, -0.1) is 0 Å². The number of ether oxygens (including phenoxy) is 1. The molecule has 5 nitrogen and oxygen atoms in total. The Labute approximate surface area is 178 Å². The van der Waals surface area contributed by atoms with E-state index in [1.165, 1.54) is 25.3 Å². The average Bonchev–Trinajstić information content (AvgIpc) is 2.63. The van der Waals surface area contributed by atoms with Crippen LogP contribution >= 0.6 is 15.9 Å². The summed E-state index contributed by atoms with van der Waals surface area (Å²) in [6.07, 6.45) is -0.924. The summed E-state index contributed by atoms with van der Waals surface area (Å²) in [5.41, 5.74) is 3.95. The van der Waals surface area contributed by atoms with Gasteiger partial charge in [-0.2, -0.15) is 0 Å². The number of carbonyl (C=O) groups excluding carboxylic acids is 1. The van der Waals surface area contributed by atoms with Crippen molar-refractivity contribution in [3.05, 3.63) is 63.4 Å². The van der Waals surface area contributed by atoms with Crippen LogP contribution in [-0.2, 0) is 16.7 Å². The van der Waals surface area contributed by atoms with E-state index in [-0.39, 0.29) is 23.2 Å². The molecule has 1 aromatic carbocycles. The number of halogens is 5. The van der Waals surface area contributed by atoms with E-state index in [0.29, 0.717) is 11.4 Å². The third-order valence-corrected chi connectivity index (χ3v) is 5.28. The summed E-state index contributed by atoms with van der Waals surface area (Å²) in [5, 5.41) is 0. The molecule has 0 amide bonds. The number of aliphatic imine (C=N–C) groups is 1. The van der Waals surface area contributed by atoms with Gasteiger partial charge in [0.1, 0.15) is 5.69 Å². The first-order valence-corrected chi connectivity index (χ1v) is 9.71. The maximum Gasteiger partial charge on any atom is 0.283 e. The average molecular weight is 488 g/mol. The Bertz CT molecular complexity index is 1010. The molecule has 0 saturated heterocycles. The zero-order chi connectivity index (χ0) is 22.3. The third-order valence-electron chi connectivity index (χ3n) is 4.81. The van der Waals surface area contributed by atoms with E-state index >= 15 is 0 Å². The zero-order valence-electron chi connectivity index (χ0n) is 16.1. The summed E-state index contributed by atoms with van der Waals surface area (Å²) in [7, 11) is 0. The molecule has 160 valence electrons. The smallest absolute Gasteiger partial charge is 0.283 e. The van der Waals surface area contributed by atoms with Crippen LogP contribution in [-0.4, -0.2) is 28.8 Å². The number of hydrogen-bond acceptors (Lipinski definition) is 5. The van der Waals surface area contributed by atoms with Crippen LogP contribution in [0.2, 0.25) is 0 Å². The van der Waals surface area contributed by atoms with Crippen LogP contribution in [0.5, 0.6) is 0 Å². The minimum Gasteiger partial charge on any atom is -0.456 e. The van der Waals surface area contributed by atoms with Gasteiger partial charge < -0.3 is 10.5 Å². The van der Waals surface area contributed by atoms with Crippen LogP contribution < -0.4 is 5.73 Å². The fourth-order valence-corrected chi connectivity index (χ4v) is 3.51. The molecular formula is C20H18BrF4N3O2. The number of aromatic nitrogens is 1. The number of ketones is 1. The highest BCUT2D eigenvalue weighted by atomic mass is 79.9. The number of benzene rings is 1. The maximum absolute atomic E-state index is 14.7. The largest absolute Gasteiger partial charge is 0.456 e. The van der Waals surface area contributed by atoms with Gasteiger partial charge in [0, 0.05) is 36.0 Å². The van der Waals surface area contributed by atoms with E-state index < -0.39 is 47.4 Å². The molecular weight excluding hydrogens is 470 g/mol. The summed E-state index contributed by atoms with van der Waals surface area (Å²) in [6.45, 7) is 2.01. The van der Waals surface area contributed by atoms with E-state index in [2.05, 4.69) is 25.9 Å². The van der Waals surface area contributed by atoms with E-state index in [4.69, 9.17) is 10.5 Å². The number of nitrogens with zero attached hydrogens (tertiary/aromatic N) is 2. The molecule has 30 heavy (non-hydrogen) atoms. The number of nitrogens with two attached hydrogens (primary N) is 1. The summed E-state index contributed by atoms with van der Waals surface area (Å²) < 4.78 is 62.2. The second-order valence-corrected chi connectivity index (χ2v) is 8.31. The van der Waals surface area contributed by atoms with Crippen molar-refractivity contribution >= 4 is 27.7 Å². The van der Waals surface area contributed by atoms with E-state index in [1.807, 2.05) is 0 Å². The van der Waals surface area contributed by atoms with Crippen molar-refractivity contribution in [2.75, 3.05) is 0 Å². The number of pyridine rings is 1. The first-order chi connectivity index (χ1) is 13.9. The molecule has 0 unspecified atom stereocenters. The molecule has 0 fully saturated rings. The fourth-order valence-electron chi connectivity index (χ4n) is 3.27. The van der Waals surface area contributed by atoms with Gasteiger partial charge in [-0.1, -0.05) is 0 Å². The quantitative estimate of drug-likeness (QED) is 0.496. The Morgan fingerprint density at radius 1 is 1.37 bits per heavy atom. The summed E-state index contributed by atoms with van der Waals surface area (Å²) in [6, 6.07) is 4.70. The minimum absolute atomic E-state index is 0.148. The monoisotopic (exact) mass is 487 g/mol. The van der Waals surface area contributed by atoms with Gasteiger partial charge in [0.25, 0.3) is 11.9 Å². The molecule has 2 aromatic rings. The summed E-state index contributed by atoms with van der Waals surface area (Å²) in [5.74, 6) is -6.16. The van der Waals surface area contributed by atoms with E-state index in [1.54, 1.807) is 6.07 Å². The second-order valence-electron chi connectivity index (χ2n) is 7.39. The molecule has 1 aliphatic rings.